The topological polar surface area (TPSA) is 55.1 Å². The van der Waals surface area contributed by atoms with Crippen LogP contribution in [-0.4, -0.2) is 28.5 Å². The highest BCUT2D eigenvalue weighted by molar-refractivity contribution is 7.99. The number of amides is 1. The summed E-state index contributed by atoms with van der Waals surface area (Å²) >= 11 is 2.06. The minimum absolute atomic E-state index is 0.127. The monoisotopic (exact) mass is 284 g/mol. The minimum atomic E-state index is -0.401. The number of unbranched alkanes of at least 4 members (excludes halogenated alkanes) is 2. The molecule has 0 radical (unpaired) electrons. The Hall–Kier alpha value is -0.220. The summed E-state index contributed by atoms with van der Waals surface area (Å²) in [5, 5.41) is 4.16. The fraction of sp³-hybridized carbons (Fsp3) is 0.933. The van der Waals surface area contributed by atoms with Crippen LogP contribution in [0.2, 0.25) is 0 Å². The van der Waals surface area contributed by atoms with Gasteiger partial charge in [-0.2, -0.15) is 11.8 Å². The first-order chi connectivity index (χ1) is 9.16. The summed E-state index contributed by atoms with van der Waals surface area (Å²) in [5.41, 5.74) is 5.31. The Morgan fingerprint density at radius 2 is 2.16 bits per heavy atom. The molecule has 19 heavy (non-hydrogen) atoms. The molecule has 1 amide bonds. The van der Waals surface area contributed by atoms with E-state index < -0.39 is 5.54 Å². The van der Waals surface area contributed by atoms with Crippen LogP contribution in [0.5, 0.6) is 0 Å². The Labute approximate surface area is 121 Å². The first-order valence-corrected chi connectivity index (χ1v) is 8.90. The predicted octanol–water partition coefficient (Wildman–Crippen LogP) is 2.83. The summed E-state index contributed by atoms with van der Waals surface area (Å²) in [4.78, 5) is 11.9. The molecule has 4 heteroatoms. The van der Waals surface area contributed by atoms with E-state index in [0.717, 1.165) is 19.3 Å². The smallest absolute Gasteiger partial charge is 0.237 e. The van der Waals surface area contributed by atoms with Gasteiger partial charge in [-0.1, -0.05) is 19.8 Å². The second kappa shape index (κ2) is 6.98. The highest BCUT2D eigenvalue weighted by Crippen LogP contribution is 2.37. The van der Waals surface area contributed by atoms with Gasteiger partial charge in [-0.05, 0) is 50.7 Å². The van der Waals surface area contributed by atoms with Gasteiger partial charge in [0.05, 0.1) is 5.54 Å². The first-order valence-electron chi connectivity index (χ1n) is 7.85. The zero-order valence-corrected chi connectivity index (χ0v) is 12.9. The fourth-order valence-electron chi connectivity index (χ4n) is 3.01. The van der Waals surface area contributed by atoms with Gasteiger partial charge in [0.1, 0.15) is 0 Å². The Kier molecular flexibility index (Phi) is 5.58. The summed E-state index contributed by atoms with van der Waals surface area (Å²) in [6.07, 6.45) is 10.6. The second-order valence-electron chi connectivity index (χ2n) is 6.16. The van der Waals surface area contributed by atoms with Crippen molar-refractivity contribution in [3.8, 4) is 0 Å². The molecule has 0 spiro atoms. The lowest BCUT2D eigenvalue weighted by atomic mass is 9.80. The van der Waals surface area contributed by atoms with E-state index in [-0.39, 0.29) is 5.91 Å². The van der Waals surface area contributed by atoms with Crippen LogP contribution in [0.15, 0.2) is 0 Å². The van der Waals surface area contributed by atoms with Gasteiger partial charge in [-0.15, -0.1) is 0 Å². The van der Waals surface area contributed by atoms with E-state index in [2.05, 4.69) is 24.0 Å². The third-order valence-electron chi connectivity index (χ3n) is 4.34. The van der Waals surface area contributed by atoms with Crippen LogP contribution < -0.4 is 11.1 Å². The van der Waals surface area contributed by atoms with Crippen molar-refractivity contribution in [3.63, 3.8) is 0 Å². The zero-order chi connectivity index (χ0) is 13.7. The van der Waals surface area contributed by atoms with Crippen molar-refractivity contribution < 1.29 is 4.79 Å². The number of hydrogen-bond donors (Lipinski definition) is 2. The van der Waals surface area contributed by atoms with Gasteiger partial charge in [0.15, 0.2) is 0 Å². The number of rotatable bonds is 8. The maximum atomic E-state index is 11.9. The van der Waals surface area contributed by atoms with Gasteiger partial charge >= 0.3 is 0 Å². The van der Waals surface area contributed by atoms with E-state index in [1.165, 1.54) is 44.3 Å². The van der Waals surface area contributed by atoms with Crippen molar-refractivity contribution in [3.05, 3.63) is 0 Å². The van der Waals surface area contributed by atoms with Crippen molar-refractivity contribution in [1.29, 1.82) is 0 Å². The standard InChI is InChI=1S/C15H28N2OS/c1-2-3-4-10-19-13-6-5-9-15(11-13,14(16)18)17-12-7-8-12/h12-13,17H,2-11H2,1H3,(H2,16,18). The lowest BCUT2D eigenvalue weighted by Gasteiger charge is -2.39. The van der Waals surface area contributed by atoms with Crippen molar-refractivity contribution in [1.82, 2.24) is 5.32 Å². The van der Waals surface area contributed by atoms with Crippen LogP contribution in [-0.2, 0) is 4.79 Å². The van der Waals surface area contributed by atoms with Crippen LogP contribution in [0.3, 0.4) is 0 Å². The molecule has 0 aromatic heterocycles. The van der Waals surface area contributed by atoms with E-state index in [1.54, 1.807) is 0 Å². The molecular formula is C15H28N2OS. The molecule has 2 fully saturated rings. The maximum absolute atomic E-state index is 11.9. The molecular weight excluding hydrogens is 256 g/mol. The number of nitrogens with two attached hydrogens (primary N) is 1. The van der Waals surface area contributed by atoms with E-state index in [0.29, 0.717) is 11.3 Å². The molecule has 0 bridgehead atoms. The summed E-state index contributed by atoms with van der Waals surface area (Å²) < 4.78 is 0. The number of nitrogens with one attached hydrogen (secondary N) is 1. The van der Waals surface area contributed by atoms with Gasteiger partial charge < -0.3 is 11.1 Å². The van der Waals surface area contributed by atoms with Crippen LogP contribution in [0, 0.1) is 0 Å². The molecule has 2 aliphatic rings. The number of thioether (sulfide) groups is 1. The quantitative estimate of drug-likeness (QED) is 0.674. The molecule has 2 saturated carbocycles. The number of carbonyl (C=O) groups excluding carboxylic acids is 1. The molecule has 3 N–H and O–H groups in total. The Morgan fingerprint density at radius 1 is 1.37 bits per heavy atom. The Balaban J connectivity index is 1.84. The third kappa shape index (κ3) is 4.38. The first kappa shape index (κ1) is 15.2. The van der Waals surface area contributed by atoms with Gasteiger partial charge in [0.2, 0.25) is 5.91 Å². The zero-order valence-electron chi connectivity index (χ0n) is 12.1. The largest absolute Gasteiger partial charge is 0.368 e. The molecule has 3 nitrogen and oxygen atoms in total. The highest BCUT2D eigenvalue weighted by atomic mass is 32.2. The molecule has 0 aromatic carbocycles. The maximum Gasteiger partial charge on any atom is 0.237 e. The molecule has 2 unspecified atom stereocenters. The number of hydrogen-bond acceptors (Lipinski definition) is 3. The second-order valence-corrected chi connectivity index (χ2v) is 7.57. The lowest BCUT2D eigenvalue weighted by molar-refractivity contribution is -0.125. The minimum Gasteiger partial charge on any atom is -0.368 e. The summed E-state index contributed by atoms with van der Waals surface area (Å²) in [5.74, 6) is 1.11. The average molecular weight is 284 g/mol. The summed E-state index contributed by atoms with van der Waals surface area (Å²) in [7, 11) is 0. The molecule has 0 saturated heterocycles. The molecule has 0 heterocycles. The molecule has 0 aliphatic heterocycles. The van der Waals surface area contributed by atoms with Crippen LogP contribution in [0.25, 0.3) is 0 Å². The van der Waals surface area contributed by atoms with Crippen molar-refractivity contribution in [2.75, 3.05) is 5.75 Å². The van der Waals surface area contributed by atoms with E-state index in [9.17, 15) is 4.79 Å². The van der Waals surface area contributed by atoms with Gasteiger partial charge in [-0.3, -0.25) is 4.79 Å². The SMILES string of the molecule is CCCCCSC1CCCC(NC2CC2)(C(N)=O)C1. The third-order valence-corrected chi connectivity index (χ3v) is 5.73. The van der Waals surface area contributed by atoms with Crippen LogP contribution >= 0.6 is 11.8 Å². The van der Waals surface area contributed by atoms with E-state index in [4.69, 9.17) is 5.73 Å². The van der Waals surface area contributed by atoms with Crippen molar-refractivity contribution in [2.24, 2.45) is 5.73 Å². The molecule has 2 rings (SSSR count). The predicted molar refractivity (Wildman–Crippen MR) is 82.3 cm³/mol. The van der Waals surface area contributed by atoms with Crippen molar-refractivity contribution in [2.45, 2.75) is 81.5 Å². The Bertz CT molecular complexity index is 307. The van der Waals surface area contributed by atoms with Crippen molar-refractivity contribution >= 4 is 17.7 Å². The van der Waals surface area contributed by atoms with Crippen LogP contribution in [0.1, 0.15) is 64.7 Å². The molecule has 2 aliphatic carbocycles. The summed E-state index contributed by atoms with van der Waals surface area (Å²) in [6, 6.07) is 0.552. The number of primary amides is 1. The molecule has 2 atom stereocenters. The molecule has 110 valence electrons. The highest BCUT2D eigenvalue weighted by Gasteiger charge is 2.44. The van der Waals surface area contributed by atoms with Gasteiger partial charge in [0.25, 0.3) is 0 Å². The van der Waals surface area contributed by atoms with E-state index in [1.807, 2.05) is 0 Å². The number of carbonyl (C=O) groups is 1. The molecule has 0 aromatic rings. The summed E-state index contributed by atoms with van der Waals surface area (Å²) in [6.45, 7) is 2.24. The lowest BCUT2D eigenvalue weighted by Crippen LogP contribution is -2.59. The average Bonchev–Trinajstić information content (AvgIpc) is 3.19. The normalized spacial score (nSPS) is 31.3. The van der Waals surface area contributed by atoms with Gasteiger partial charge in [0, 0.05) is 11.3 Å². The fourth-order valence-corrected chi connectivity index (χ4v) is 4.45. The van der Waals surface area contributed by atoms with Gasteiger partial charge in [-0.25, -0.2) is 0 Å². The van der Waals surface area contributed by atoms with Crippen LogP contribution in [0.4, 0.5) is 0 Å². The van der Waals surface area contributed by atoms with E-state index >= 15 is 0 Å². The Morgan fingerprint density at radius 3 is 2.79 bits per heavy atom.